The minimum absolute atomic E-state index is 0.309. The zero-order valence-corrected chi connectivity index (χ0v) is 22.2. The van der Waals surface area contributed by atoms with Gasteiger partial charge in [0.05, 0.1) is 27.4 Å². The van der Waals surface area contributed by atoms with Gasteiger partial charge in [0.15, 0.2) is 0 Å². The molecule has 2 amide bonds. The van der Waals surface area contributed by atoms with Crippen LogP contribution in [0.4, 0.5) is 5.69 Å². The Morgan fingerprint density at radius 1 is 0.895 bits per heavy atom. The molecule has 38 heavy (non-hydrogen) atoms. The number of fused-ring (bicyclic) bond motifs is 1. The molecule has 2 atom stereocenters. The Labute approximate surface area is 231 Å². The number of hydrogen-bond donors (Lipinski definition) is 1. The summed E-state index contributed by atoms with van der Waals surface area (Å²) in [5, 5.41) is 3.81. The molecule has 4 aromatic carbocycles. The van der Waals surface area contributed by atoms with Crippen molar-refractivity contribution < 1.29 is 9.59 Å². The number of anilines is 1. The second-order valence-electron chi connectivity index (χ2n) is 9.09. The Kier molecular flexibility index (Phi) is 7.59. The van der Waals surface area contributed by atoms with Crippen LogP contribution in [0.25, 0.3) is 0 Å². The van der Waals surface area contributed by atoms with Crippen molar-refractivity contribution in [3.05, 3.63) is 135 Å². The lowest BCUT2D eigenvalue weighted by molar-refractivity contribution is -0.128. The third-order valence-electron chi connectivity index (χ3n) is 6.61. The number of para-hydroxylation sites is 1. The van der Waals surface area contributed by atoms with Crippen LogP contribution in [0, 0.1) is 0 Å². The van der Waals surface area contributed by atoms with Crippen molar-refractivity contribution in [3.8, 4) is 0 Å². The molecule has 1 N–H and O–H groups in total. The number of nitrogens with zero attached hydrogens (tertiary/aromatic N) is 2. The summed E-state index contributed by atoms with van der Waals surface area (Å²) in [6.07, 6.45) is -0.728. The molecule has 1 aliphatic rings. The van der Waals surface area contributed by atoms with Gasteiger partial charge >= 0.3 is 0 Å². The highest BCUT2D eigenvalue weighted by Gasteiger charge is 2.33. The van der Waals surface area contributed by atoms with Gasteiger partial charge in [0.2, 0.25) is 12.1 Å². The minimum Gasteiger partial charge on any atom is -0.326 e. The van der Waals surface area contributed by atoms with Crippen LogP contribution in [0.15, 0.2) is 108 Å². The van der Waals surface area contributed by atoms with Gasteiger partial charge in [-0.15, -0.1) is 0 Å². The summed E-state index contributed by atoms with van der Waals surface area (Å²) in [6.45, 7) is 0. The van der Waals surface area contributed by atoms with E-state index < -0.39 is 12.1 Å². The van der Waals surface area contributed by atoms with Crippen molar-refractivity contribution >= 4 is 46.4 Å². The Morgan fingerprint density at radius 2 is 1.55 bits per heavy atom. The predicted octanol–water partition coefficient (Wildman–Crippen LogP) is 6.28. The highest BCUT2D eigenvalue weighted by molar-refractivity contribution is 6.42. The van der Waals surface area contributed by atoms with Gasteiger partial charge in [0.25, 0.3) is 5.91 Å². The quantitative estimate of drug-likeness (QED) is 0.312. The Balaban J connectivity index is 1.52. The molecule has 7 heteroatoms. The fourth-order valence-corrected chi connectivity index (χ4v) is 4.95. The van der Waals surface area contributed by atoms with E-state index >= 15 is 0 Å². The summed E-state index contributed by atoms with van der Waals surface area (Å²) < 4.78 is 0. The van der Waals surface area contributed by atoms with Crippen LogP contribution in [-0.2, 0) is 16.0 Å². The maximum atomic E-state index is 13.8. The third-order valence-corrected chi connectivity index (χ3v) is 7.35. The molecule has 5 rings (SSSR count). The smallest absolute Gasteiger partial charge is 0.272 e. The topological polar surface area (TPSA) is 61.8 Å². The standard InChI is InChI=1S/C31H25Cl2N3O2/c1-36-27-15-9-8-14-23(27)28(22-12-6-3-7-13-22)34-29(31(36)38)35-30(37)24(21-10-4-2-5-11-21)18-20-16-17-25(32)26(33)19-20/h2-17,19,24,29H,18H2,1H3,(H,35,37)/t24-,29-/m0/s1. The first kappa shape index (κ1) is 25.7. The minimum atomic E-state index is -1.10. The van der Waals surface area contributed by atoms with Crippen molar-refractivity contribution in [2.75, 3.05) is 11.9 Å². The zero-order chi connectivity index (χ0) is 26.6. The molecule has 0 aromatic heterocycles. The molecule has 0 bridgehead atoms. The molecule has 0 aliphatic carbocycles. The van der Waals surface area contributed by atoms with E-state index in [1.807, 2.05) is 91.0 Å². The first-order valence-electron chi connectivity index (χ1n) is 12.2. The molecule has 0 spiro atoms. The van der Waals surface area contributed by atoms with Gasteiger partial charge in [0, 0.05) is 18.2 Å². The van der Waals surface area contributed by atoms with Gasteiger partial charge in [-0.25, -0.2) is 4.99 Å². The third kappa shape index (κ3) is 5.35. The molecule has 1 heterocycles. The highest BCUT2D eigenvalue weighted by Crippen LogP contribution is 2.29. The van der Waals surface area contributed by atoms with E-state index in [0.717, 1.165) is 27.9 Å². The summed E-state index contributed by atoms with van der Waals surface area (Å²) >= 11 is 12.4. The lowest BCUT2D eigenvalue weighted by Gasteiger charge is -2.23. The predicted molar refractivity (Wildman–Crippen MR) is 153 cm³/mol. The van der Waals surface area contributed by atoms with Gasteiger partial charge in [-0.3, -0.25) is 9.59 Å². The van der Waals surface area contributed by atoms with Crippen LogP contribution in [-0.4, -0.2) is 30.7 Å². The zero-order valence-electron chi connectivity index (χ0n) is 20.6. The summed E-state index contributed by atoms with van der Waals surface area (Å²) in [7, 11) is 1.70. The molecule has 0 unspecified atom stereocenters. The monoisotopic (exact) mass is 541 g/mol. The van der Waals surface area contributed by atoms with Crippen molar-refractivity contribution in [2.45, 2.75) is 18.5 Å². The van der Waals surface area contributed by atoms with Gasteiger partial charge < -0.3 is 10.2 Å². The Bertz CT molecular complexity index is 1510. The number of halogens is 2. The molecular formula is C31H25Cl2N3O2. The highest BCUT2D eigenvalue weighted by atomic mass is 35.5. The van der Waals surface area contributed by atoms with E-state index in [9.17, 15) is 9.59 Å². The van der Waals surface area contributed by atoms with Crippen molar-refractivity contribution in [1.29, 1.82) is 0 Å². The molecular weight excluding hydrogens is 517 g/mol. The number of hydrogen-bond acceptors (Lipinski definition) is 3. The van der Waals surface area contributed by atoms with E-state index in [4.69, 9.17) is 28.2 Å². The fourth-order valence-electron chi connectivity index (χ4n) is 4.63. The first-order valence-corrected chi connectivity index (χ1v) is 13.0. The van der Waals surface area contributed by atoms with E-state index in [2.05, 4.69) is 5.32 Å². The van der Waals surface area contributed by atoms with Crippen LogP contribution in [0.1, 0.15) is 28.2 Å². The van der Waals surface area contributed by atoms with Crippen LogP contribution < -0.4 is 10.2 Å². The number of carbonyl (C=O) groups is 2. The Hall–Kier alpha value is -3.93. The van der Waals surface area contributed by atoms with E-state index in [-0.39, 0.29) is 11.8 Å². The Morgan fingerprint density at radius 3 is 2.26 bits per heavy atom. The van der Waals surface area contributed by atoms with E-state index in [1.54, 1.807) is 24.1 Å². The van der Waals surface area contributed by atoms with Gasteiger partial charge in [-0.1, -0.05) is 108 Å². The number of carbonyl (C=O) groups excluding carboxylic acids is 2. The van der Waals surface area contributed by atoms with Gasteiger partial charge in [-0.05, 0) is 35.7 Å². The number of benzene rings is 4. The summed E-state index contributed by atoms with van der Waals surface area (Å²) in [5.74, 6) is -1.21. The van der Waals surface area contributed by atoms with Crippen LogP contribution in [0.3, 0.4) is 0 Å². The van der Waals surface area contributed by atoms with Crippen molar-refractivity contribution in [1.82, 2.24) is 5.32 Å². The van der Waals surface area contributed by atoms with Crippen molar-refractivity contribution in [3.63, 3.8) is 0 Å². The first-order chi connectivity index (χ1) is 18.4. The second kappa shape index (κ2) is 11.2. The fraction of sp³-hybridized carbons (Fsp3) is 0.129. The molecule has 190 valence electrons. The number of aliphatic imine (C=N–C) groups is 1. The molecule has 0 fully saturated rings. The van der Waals surface area contributed by atoms with Crippen LogP contribution in [0.5, 0.6) is 0 Å². The average Bonchev–Trinajstić information content (AvgIpc) is 3.05. The number of likely N-dealkylation sites (N-methyl/N-ethyl adjacent to an activating group) is 1. The van der Waals surface area contributed by atoms with Crippen molar-refractivity contribution in [2.24, 2.45) is 4.99 Å². The van der Waals surface area contributed by atoms with E-state index in [0.29, 0.717) is 22.2 Å². The molecule has 0 saturated heterocycles. The van der Waals surface area contributed by atoms with Gasteiger partial charge in [0.1, 0.15) is 0 Å². The molecule has 4 aromatic rings. The lowest BCUT2D eigenvalue weighted by Crippen LogP contribution is -2.47. The van der Waals surface area contributed by atoms with Crippen LogP contribution >= 0.6 is 23.2 Å². The summed E-state index contributed by atoms with van der Waals surface area (Å²) in [6, 6.07) is 32.1. The normalized spacial score (nSPS) is 15.8. The number of amides is 2. The summed E-state index contributed by atoms with van der Waals surface area (Å²) in [5.41, 5.74) is 4.73. The summed E-state index contributed by atoms with van der Waals surface area (Å²) in [4.78, 5) is 33.8. The largest absolute Gasteiger partial charge is 0.326 e. The molecule has 1 aliphatic heterocycles. The van der Waals surface area contributed by atoms with E-state index in [1.165, 1.54) is 0 Å². The maximum absolute atomic E-state index is 13.8. The SMILES string of the molecule is CN1C(=O)[C@H](NC(=O)[C@@H](Cc2ccc(Cl)c(Cl)c2)c2ccccc2)N=C(c2ccccc2)c2ccccc21. The molecule has 0 radical (unpaired) electrons. The lowest BCUT2D eigenvalue weighted by atomic mass is 9.91. The number of nitrogens with one attached hydrogen (secondary N) is 1. The molecule has 0 saturated carbocycles. The number of benzodiazepines with no additional fused rings is 1. The maximum Gasteiger partial charge on any atom is 0.272 e. The average molecular weight is 542 g/mol. The number of rotatable bonds is 6. The van der Waals surface area contributed by atoms with Gasteiger partial charge in [-0.2, -0.15) is 0 Å². The molecule has 5 nitrogen and oxygen atoms in total. The van der Waals surface area contributed by atoms with Crippen LogP contribution in [0.2, 0.25) is 10.0 Å². The second-order valence-corrected chi connectivity index (χ2v) is 9.90.